The van der Waals surface area contributed by atoms with Gasteiger partial charge in [-0.25, -0.2) is 9.97 Å². The molecule has 0 radical (unpaired) electrons. The molecule has 7 rings (SSSR count). The summed E-state index contributed by atoms with van der Waals surface area (Å²) in [5.74, 6) is 0.690. The van der Waals surface area contributed by atoms with Crippen molar-refractivity contribution in [1.29, 1.82) is 0 Å². The first-order chi connectivity index (χ1) is 18.3. The summed E-state index contributed by atoms with van der Waals surface area (Å²) in [6, 6.07) is 41.8. The number of furan rings is 1. The van der Waals surface area contributed by atoms with Crippen molar-refractivity contribution in [3.8, 4) is 44.8 Å². The minimum absolute atomic E-state index is 0.690. The first kappa shape index (κ1) is 21.3. The van der Waals surface area contributed by atoms with Gasteiger partial charge in [0.25, 0.3) is 0 Å². The van der Waals surface area contributed by atoms with Crippen molar-refractivity contribution in [2.45, 2.75) is 0 Å². The first-order valence-electron chi connectivity index (χ1n) is 12.3. The van der Waals surface area contributed by atoms with Crippen LogP contribution in [-0.2, 0) is 0 Å². The highest BCUT2D eigenvalue weighted by Crippen LogP contribution is 2.36. The van der Waals surface area contributed by atoms with E-state index in [0.717, 1.165) is 60.9 Å². The maximum atomic E-state index is 6.23. The molecule has 2 aromatic heterocycles. The smallest absolute Gasteiger partial charge is 0.159 e. The lowest BCUT2D eigenvalue weighted by atomic mass is 9.96. The van der Waals surface area contributed by atoms with Crippen molar-refractivity contribution in [2.75, 3.05) is 0 Å². The Bertz CT molecular complexity index is 1800. The molecule has 3 heteroatoms. The highest BCUT2D eigenvalue weighted by Gasteiger charge is 2.14. The predicted octanol–water partition coefficient (Wildman–Crippen LogP) is 9.04. The summed E-state index contributed by atoms with van der Waals surface area (Å²) in [5.41, 5.74) is 9.23. The highest BCUT2D eigenvalue weighted by atomic mass is 16.3. The topological polar surface area (TPSA) is 38.9 Å². The molecule has 0 saturated carbocycles. The minimum atomic E-state index is 0.690. The molecule has 0 atom stereocenters. The molecule has 0 unspecified atom stereocenters. The molecule has 0 fully saturated rings. The first-order valence-corrected chi connectivity index (χ1v) is 12.3. The molecular weight excluding hydrogens is 452 g/mol. The molecule has 0 N–H and O–H groups in total. The van der Waals surface area contributed by atoms with Crippen molar-refractivity contribution >= 4 is 21.9 Å². The third-order valence-electron chi connectivity index (χ3n) is 6.77. The van der Waals surface area contributed by atoms with Crippen molar-refractivity contribution < 1.29 is 4.42 Å². The van der Waals surface area contributed by atoms with E-state index in [1.54, 1.807) is 0 Å². The number of benzene rings is 5. The highest BCUT2D eigenvalue weighted by molar-refractivity contribution is 6.09. The molecule has 0 aliphatic carbocycles. The van der Waals surface area contributed by atoms with Crippen LogP contribution in [0.25, 0.3) is 66.7 Å². The Morgan fingerprint density at radius 1 is 0.432 bits per heavy atom. The summed E-state index contributed by atoms with van der Waals surface area (Å²) in [6.45, 7) is 0. The Balaban J connectivity index is 1.33. The average Bonchev–Trinajstić information content (AvgIpc) is 3.37. The summed E-state index contributed by atoms with van der Waals surface area (Å²) < 4.78 is 6.23. The second-order valence-electron chi connectivity index (χ2n) is 9.11. The molecule has 2 heterocycles. The van der Waals surface area contributed by atoms with Crippen LogP contribution in [0, 0.1) is 0 Å². The van der Waals surface area contributed by atoms with E-state index in [9.17, 15) is 0 Å². The molecule has 0 amide bonds. The zero-order valence-electron chi connectivity index (χ0n) is 20.0. The Kier molecular flexibility index (Phi) is 5.11. The van der Waals surface area contributed by atoms with Gasteiger partial charge in [-0.05, 0) is 46.5 Å². The largest absolute Gasteiger partial charge is 0.455 e. The van der Waals surface area contributed by atoms with E-state index in [1.807, 2.05) is 42.7 Å². The van der Waals surface area contributed by atoms with Crippen molar-refractivity contribution in [3.63, 3.8) is 0 Å². The average molecular weight is 475 g/mol. The standard InChI is InChI=1S/C34H22N2O/c1-3-10-23(11-4-1)25-18-26(24-12-5-2-6-13-24)20-27(19-25)34-35-21-28(22-36-34)29-15-9-16-31-30-14-7-8-17-32(30)37-33(29)31/h1-22H. The van der Waals surface area contributed by atoms with Gasteiger partial charge in [-0.2, -0.15) is 0 Å². The lowest BCUT2D eigenvalue weighted by Crippen LogP contribution is -1.92. The molecule has 3 nitrogen and oxygen atoms in total. The predicted molar refractivity (Wildman–Crippen MR) is 151 cm³/mol. The van der Waals surface area contributed by atoms with Crippen molar-refractivity contribution in [1.82, 2.24) is 9.97 Å². The SMILES string of the molecule is c1ccc(-c2cc(-c3ccccc3)cc(-c3ncc(-c4cccc5c4oc4ccccc45)cn3)c2)cc1. The third kappa shape index (κ3) is 3.87. The second kappa shape index (κ2) is 8.89. The molecule has 0 bridgehead atoms. The van der Waals surface area contributed by atoms with Gasteiger partial charge in [0.2, 0.25) is 0 Å². The fourth-order valence-corrected chi connectivity index (χ4v) is 4.94. The Morgan fingerprint density at radius 2 is 1.00 bits per heavy atom. The van der Waals surface area contributed by atoms with Crippen LogP contribution in [0.1, 0.15) is 0 Å². The molecule has 174 valence electrons. The van der Waals surface area contributed by atoms with E-state index in [2.05, 4.69) is 91.0 Å². The summed E-state index contributed by atoms with van der Waals surface area (Å²) in [6.07, 6.45) is 3.78. The van der Waals surface area contributed by atoms with Gasteiger partial charge in [-0.3, -0.25) is 0 Å². The van der Waals surface area contributed by atoms with Crippen molar-refractivity contribution in [3.05, 3.63) is 134 Å². The summed E-state index contributed by atoms with van der Waals surface area (Å²) in [7, 11) is 0. The molecule has 0 aliphatic rings. The van der Waals surface area contributed by atoms with Gasteiger partial charge in [0.15, 0.2) is 5.82 Å². The molecule has 0 spiro atoms. The minimum Gasteiger partial charge on any atom is -0.455 e. The molecule has 37 heavy (non-hydrogen) atoms. The zero-order chi connectivity index (χ0) is 24.6. The van der Waals surface area contributed by atoms with Crippen LogP contribution in [0.2, 0.25) is 0 Å². The molecule has 0 aliphatic heterocycles. The molecular formula is C34H22N2O. The summed E-state index contributed by atoms with van der Waals surface area (Å²) in [5, 5.41) is 2.21. The number of hydrogen-bond donors (Lipinski definition) is 0. The number of nitrogens with zero attached hydrogens (tertiary/aromatic N) is 2. The number of para-hydroxylation sites is 2. The van der Waals surface area contributed by atoms with E-state index in [1.165, 1.54) is 0 Å². The second-order valence-corrected chi connectivity index (χ2v) is 9.11. The lowest BCUT2D eigenvalue weighted by Gasteiger charge is -2.11. The lowest BCUT2D eigenvalue weighted by molar-refractivity contribution is 0.670. The van der Waals surface area contributed by atoms with E-state index >= 15 is 0 Å². The van der Waals surface area contributed by atoms with E-state index in [-0.39, 0.29) is 0 Å². The maximum absolute atomic E-state index is 6.23. The fraction of sp³-hybridized carbons (Fsp3) is 0. The van der Waals surface area contributed by atoms with Crippen LogP contribution in [0.4, 0.5) is 0 Å². The van der Waals surface area contributed by atoms with Crippen LogP contribution in [-0.4, -0.2) is 9.97 Å². The molecule has 7 aromatic rings. The Hall–Kier alpha value is -5.02. The normalized spacial score (nSPS) is 11.2. The maximum Gasteiger partial charge on any atom is 0.159 e. The fourth-order valence-electron chi connectivity index (χ4n) is 4.94. The van der Waals surface area contributed by atoms with Crippen LogP contribution in [0.15, 0.2) is 138 Å². The number of rotatable bonds is 4. The van der Waals surface area contributed by atoms with E-state index < -0.39 is 0 Å². The van der Waals surface area contributed by atoms with Crippen LogP contribution < -0.4 is 0 Å². The summed E-state index contributed by atoms with van der Waals surface area (Å²) >= 11 is 0. The Morgan fingerprint density at radius 3 is 1.68 bits per heavy atom. The van der Waals surface area contributed by atoms with Crippen LogP contribution in [0.5, 0.6) is 0 Å². The number of hydrogen-bond acceptors (Lipinski definition) is 3. The van der Waals surface area contributed by atoms with Crippen LogP contribution in [0.3, 0.4) is 0 Å². The van der Waals surface area contributed by atoms with Crippen LogP contribution >= 0.6 is 0 Å². The van der Waals surface area contributed by atoms with E-state index in [4.69, 9.17) is 14.4 Å². The zero-order valence-corrected chi connectivity index (χ0v) is 20.0. The van der Waals surface area contributed by atoms with Gasteiger partial charge in [-0.1, -0.05) is 97.1 Å². The third-order valence-corrected chi connectivity index (χ3v) is 6.77. The van der Waals surface area contributed by atoms with Gasteiger partial charge in [0.05, 0.1) is 0 Å². The van der Waals surface area contributed by atoms with E-state index in [0.29, 0.717) is 5.82 Å². The van der Waals surface area contributed by atoms with Gasteiger partial charge in [-0.15, -0.1) is 0 Å². The van der Waals surface area contributed by atoms with Gasteiger partial charge >= 0.3 is 0 Å². The van der Waals surface area contributed by atoms with Crippen molar-refractivity contribution in [2.24, 2.45) is 0 Å². The van der Waals surface area contributed by atoms with Gasteiger partial charge < -0.3 is 4.42 Å². The Labute approximate surface area is 214 Å². The molecule has 5 aromatic carbocycles. The summed E-state index contributed by atoms with van der Waals surface area (Å²) in [4.78, 5) is 9.61. The van der Waals surface area contributed by atoms with Gasteiger partial charge in [0.1, 0.15) is 11.2 Å². The number of fused-ring (bicyclic) bond motifs is 3. The quantitative estimate of drug-likeness (QED) is 0.255. The monoisotopic (exact) mass is 474 g/mol. The number of aromatic nitrogens is 2. The van der Waals surface area contributed by atoms with Gasteiger partial charge in [0, 0.05) is 39.9 Å². The molecule has 0 saturated heterocycles.